The lowest BCUT2D eigenvalue weighted by Crippen LogP contribution is -2.52. The van der Waals surface area contributed by atoms with Gasteiger partial charge >= 0.3 is 0 Å². The van der Waals surface area contributed by atoms with E-state index in [-0.39, 0.29) is 17.9 Å². The molecule has 1 amide bonds. The number of aliphatic hydroxyl groups is 1. The summed E-state index contributed by atoms with van der Waals surface area (Å²) >= 11 is 0. The molecule has 3 nitrogen and oxygen atoms in total. The van der Waals surface area contributed by atoms with Crippen molar-refractivity contribution >= 4 is 5.91 Å². The van der Waals surface area contributed by atoms with Crippen molar-refractivity contribution in [1.82, 2.24) is 4.90 Å². The molecule has 2 aromatic rings. The quantitative estimate of drug-likeness (QED) is 0.860. The highest BCUT2D eigenvalue weighted by molar-refractivity contribution is 5.86. The molecule has 1 aliphatic heterocycles. The summed E-state index contributed by atoms with van der Waals surface area (Å²) in [5, 5.41) is 10.3. The minimum absolute atomic E-state index is 0.0224. The van der Waals surface area contributed by atoms with E-state index in [9.17, 15) is 9.90 Å². The molecular formula is C19H21NO2. The molecule has 1 fully saturated rings. The SMILES string of the molecule is CN1C(=O)C(CCC(O)c2ccccc2)C1c1ccccc1. The minimum atomic E-state index is -0.503. The topological polar surface area (TPSA) is 40.5 Å². The molecule has 0 aliphatic carbocycles. The maximum Gasteiger partial charge on any atom is 0.228 e. The summed E-state index contributed by atoms with van der Waals surface area (Å²) in [6.07, 6.45) is 0.812. The van der Waals surface area contributed by atoms with Gasteiger partial charge in [0.05, 0.1) is 18.1 Å². The van der Waals surface area contributed by atoms with Gasteiger partial charge in [-0.25, -0.2) is 0 Å². The first-order valence-electron chi connectivity index (χ1n) is 7.73. The van der Waals surface area contributed by atoms with E-state index in [1.54, 1.807) is 4.90 Å². The van der Waals surface area contributed by atoms with Gasteiger partial charge < -0.3 is 10.0 Å². The Hall–Kier alpha value is -2.13. The molecule has 0 bridgehead atoms. The number of likely N-dealkylation sites (tertiary alicyclic amines) is 1. The lowest BCUT2D eigenvalue weighted by molar-refractivity contribution is -0.154. The standard InChI is InChI=1S/C19H21NO2/c1-20-18(15-10-6-3-7-11-15)16(19(20)22)12-13-17(21)14-8-4-2-5-9-14/h2-11,16-18,21H,12-13H2,1H3. The van der Waals surface area contributed by atoms with Crippen LogP contribution in [0.2, 0.25) is 0 Å². The molecule has 0 aromatic heterocycles. The summed E-state index contributed by atoms with van der Waals surface area (Å²) in [6, 6.07) is 19.9. The van der Waals surface area contributed by atoms with Gasteiger partial charge in [-0.15, -0.1) is 0 Å². The molecule has 2 aromatic carbocycles. The number of hydrogen-bond acceptors (Lipinski definition) is 2. The van der Waals surface area contributed by atoms with Crippen LogP contribution in [0.25, 0.3) is 0 Å². The molecule has 0 radical (unpaired) electrons. The van der Waals surface area contributed by atoms with Crippen molar-refractivity contribution in [2.75, 3.05) is 7.05 Å². The molecule has 1 N–H and O–H groups in total. The van der Waals surface area contributed by atoms with Crippen LogP contribution in [0.1, 0.15) is 36.1 Å². The van der Waals surface area contributed by atoms with E-state index >= 15 is 0 Å². The predicted octanol–water partition coefficient (Wildman–Crippen LogP) is 3.33. The van der Waals surface area contributed by atoms with Gasteiger partial charge in [0.25, 0.3) is 0 Å². The number of benzene rings is 2. The summed E-state index contributed by atoms with van der Waals surface area (Å²) in [4.78, 5) is 13.9. The first-order chi connectivity index (χ1) is 10.7. The second-order valence-electron chi connectivity index (χ2n) is 5.91. The van der Waals surface area contributed by atoms with Gasteiger partial charge in [-0.1, -0.05) is 60.7 Å². The van der Waals surface area contributed by atoms with E-state index in [0.717, 1.165) is 5.56 Å². The van der Waals surface area contributed by atoms with Crippen molar-refractivity contribution < 1.29 is 9.90 Å². The second-order valence-corrected chi connectivity index (χ2v) is 5.91. The Kier molecular flexibility index (Phi) is 4.25. The Bertz CT molecular complexity index is 626. The third kappa shape index (κ3) is 2.77. The highest BCUT2D eigenvalue weighted by atomic mass is 16.3. The molecule has 3 atom stereocenters. The maximum atomic E-state index is 12.1. The van der Waals surface area contributed by atoms with Crippen LogP contribution in [0.4, 0.5) is 0 Å². The van der Waals surface area contributed by atoms with Crippen LogP contribution in [0, 0.1) is 5.92 Å². The molecule has 1 saturated heterocycles. The van der Waals surface area contributed by atoms with Crippen molar-refractivity contribution in [3.8, 4) is 0 Å². The molecule has 0 spiro atoms. The summed E-state index contributed by atoms with van der Waals surface area (Å²) in [6.45, 7) is 0. The number of aliphatic hydroxyl groups excluding tert-OH is 1. The molecule has 1 aliphatic rings. The number of rotatable bonds is 5. The van der Waals surface area contributed by atoms with Crippen molar-refractivity contribution in [3.05, 3.63) is 71.8 Å². The van der Waals surface area contributed by atoms with Crippen molar-refractivity contribution in [3.63, 3.8) is 0 Å². The number of hydrogen-bond donors (Lipinski definition) is 1. The minimum Gasteiger partial charge on any atom is -0.388 e. The highest BCUT2D eigenvalue weighted by Crippen LogP contribution is 2.42. The molecule has 0 saturated carbocycles. The Labute approximate surface area is 131 Å². The van der Waals surface area contributed by atoms with Crippen LogP contribution in [-0.2, 0) is 4.79 Å². The summed E-state index contributed by atoms with van der Waals surface area (Å²) < 4.78 is 0. The van der Waals surface area contributed by atoms with Crippen molar-refractivity contribution in [2.45, 2.75) is 25.0 Å². The van der Waals surface area contributed by atoms with Crippen molar-refractivity contribution in [2.24, 2.45) is 5.92 Å². The summed E-state index contributed by atoms with van der Waals surface area (Å²) in [7, 11) is 1.85. The second kappa shape index (κ2) is 6.32. The predicted molar refractivity (Wildman–Crippen MR) is 86.1 cm³/mol. The Morgan fingerprint density at radius 2 is 1.64 bits per heavy atom. The van der Waals surface area contributed by atoms with E-state index in [1.165, 1.54) is 5.56 Å². The zero-order chi connectivity index (χ0) is 15.5. The van der Waals surface area contributed by atoms with Gasteiger partial charge in [-0.3, -0.25) is 4.79 Å². The molecule has 3 heteroatoms. The fraction of sp³-hybridized carbons (Fsp3) is 0.316. The molecule has 3 unspecified atom stereocenters. The van der Waals surface area contributed by atoms with E-state index in [1.807, 2.05) is 55.6 Å². The summed E-state index contributed by atoms with van der Waals surface area (Å²) in [5.74, 6) is 0.153. The number of amides is 1. The third-order valence-electron chi connectivity index (χ3n) is 4.54. The normalized spacial score (nSPS) is 22.3. The lowest BCUT2D eigenvalue weighted by Gasteiger charge is -2.45. The number of β-lactam (4-membered cyclic amide) rings is 1. The number of carbonyl (C=O) groups is 1. The number of nitrogens with zero attached hydrogens (tertiary/aromatic N) is 1. The maximum absolute atomic E-state index is 12.1. The fourth-order valence-electron chi connectivity index (χ4n) is 3.29. The van der Waals surface area contributed by atoms with E-state index < -0.39 is 6.10 Å². The Morgan fingerprint density at radius 1 is 1.05 bits per heavy atom. The van der Waals surface area contributed by atoms with Gasteiger partial charge in [0.2, 0.25) is 5.91 Å². The van der Waals surface area contributed by atoms with E-state index in [2.05, 4.69) is 12.1 Å². The zero-order valence-electron chi connectivity index (χ0n) is 12.7. The van der Waals surface area contributed by atoms with Crippen LogP contribution < -0.4 is 0 Å². The monoisotopic (exact) mass is 295 g/mol. The highest BCUT2D eigenvalue weighted by Gasteiger charge is 2.45. The van der Waals surface area contributed by atoms with Crippen LogP contribution in [0.3, 0.4) is 0 Å². The van der Waals surface area contributed by atoms with Crippen LogP contribution in [0.5, 0.6) is 0 Å². The van der Waals surface area contributed by atoms with Crippen LogP contribution in [0.15, 0.2) is 60.7 Å². The average Bonchev–Trinajstić information content (AvgIpc) is 2.59. The first kappa shape index (κ1) is 14.8. The third-order valence-corrected chi connectivity index (χ3v) is 4.54. The smallest absolute Gasteiger partial charge is 0.228 e. The average molecular weight is 295 g/mol. The molecule has 3 rings (SSSR count). The van der Waals surface area contributed by atoms with Crippen LogP contribution >= 0.6 is 0 Å². The molecular weight excluding hydrogens is 274 g/mol. The van der Waals surface area contributed by atoms with E-state index in [4.69, 9.17) is 0 Å². The van der Waals surface area contributed by atoms with Crippen LogP contribution in [-0.4, -0.2) is 23.0 Å². The van der Waals surface area contributed by atoms with Gasteiger partial charge in [0.15, 0.2) is 0 Å². The molecule has 22 heavy (non-hydrogen) atoms. The number of carbonyl (C=O) groups excluding carboxylic acids is 1. The van der Waals surface area contributed by atoms with Crippen molar-refractivity contribution in [1.29, 1.82) is 0 Å². The fourth-order valence-corrected chi connectivity index (χ4v) is 3.29. The van der Waals surface area contributed by atoms with Gasteiger partial charge in [0.1, 0.15) is 0 Å². The Balaban J connectivity index is 1.65. The van der Waals surface area contributed by atoms with Gasteiger partial charge in [-0.2, -0.15) is 0 Å². The van der Waals surface area contributed by atoms with E-state index in [0.29, 0.717) is 12.8 Å². The largest absolute Gasteiger partial charge is 0.388 e. The molecule has 1 heterocycles. The zero-order valence-corrected chi connectivity index (χ0v) is 12.7. The summed E-state index contributed by atoms with van der Waals surface area (Å²) in [5.41, 5.74) is 2.09. The molecule has 114 valence electrons. The lowest BCUT2D eigenvalue weighted by atomic mass is 9.79. The first-order valence-corrected chi connectivity index (χ1v) is 7.73. The van der Waals surface area contributed by atoms with Gasteiger partial charge in [0, 0.05) is 7.05 Å². The van der Waals surface area contributed by atoms with Gasteiger partial charge in [-0.05, 0) is 24.0 Å². The Morgan fingerprint density at radius 3 is 2.27 bits per heavy atom.